The van der Waals surface area contributed by atoms with Crippen LogP contribution < -0.4 is 21.3 Å². The minimum Gasteiger partial charge on any atom is -0.484 e. The summed E-state index contributed by atoms with van der Waals surface area (Å²) >= 11 is 1.36. The van der Waals surface area contributed by atoms with Crippen LogP contribution in [0.3, 0.4) is 0 Å². The zero-order valence-corrected chi connectivity index (χ0v) is 15.3. The van der Waals surface area contributed by atoms with Crippen LogP contribution in [-0.4, -0.2) is 34.6 Å². The van der Waals surface area contributed by atoms with E-state index in [1.165, 1.54) is 11.8 Å². The number of nitrogens with zero attached hydrogens (tertiary/aromatic N) is 1. The summed E-state index contributed by atoms with van der Waals surface area (Å²) in [4.78, 5) is 41.8. The van der Waals surface area contributed by atoms with Crippen LogP contribution in [-0.2, 0) is 16.0 Å². The van der Waals surface area contributed by atoms with Crippen LogP contribution in [0.5, 0.6) is 5.75 Å². The highest BCUT2D eigenvalue weighted by Crippen LogP contribution is 2.16. The summed E-state index contributed by atoms with van der Waals surface area (Å²) < 4.78 is 5.14. The lowest BCUT2D eigenvalue weighted by molar-refractivity contribution is -0.120. The van der Waals surface area contributed by atoms with Gasteiger partial charge in [-0.1, -0.05) is 11.8 Å². The second-order valence-electron chi connectivity index (χ2n) is 5.47. The molecule has 0 aliphatic heterocycles. The Labute approximate surface area is 154 Å². The molecule has 2 aromatic rings. The summed E-state index contributed by atoms with van der Waals surface area (Å²) in [5, 5.41) is 3.30. The third-order valence-corrected chi connectivity index (χ3v) is 4.10. The van der Waals surface area contributed by atoms with Crippen LogP contribution in [0.1, 0.15) is 17.7 Å². The zero-order valence-electron chi connectivity index (χ0n) is 14.5. The molecule has 0 atom stereocenters. The zero-order chi connectivity index (χ0) is 19.1. The van der Waals surface area contributed by atoms with Crippen molar-refractivity contribution < 1.29 is 14.3 Å². The molecule has 0 aliphatic carbocycles. The summed E-state index contributed by atoms with van der Waals surface area (Å²) in [6.07, 6.45) is 2.29. The van der Waals surface area contributed by atoms with E-state index in [1.54, 1.807) is 31.2 Å². The minimum absolute atomic E-state index is 0.157. The molecule has 0 fully saturated rings. The van der Waals surface area contributed by atoms with Crippen LogP contribution in [0.2, 0.25) is 0 Å². The SMILES string of the molecule is CSc1nc(C)c(CCC(=O)Nc2ccc(OCC(N)=O)cc2)c(=O)[nH]1. The van der Waals surface area contributed by atoms with E-state index < -0.39 is 5.91 Å². The normalized spacial score (nSPS) is 10.4. The maximum absolute atomic E-state index is 12.1. The van der Waals surface area contributed by atoms with Gasteiger partial charge in [-0.3, -0.25) is 14.4 Å². The van der Waals surface area contributed by atoms with Gasteiger partial charge in [-0.2, -0.15) is 0 Å². The van der Waals surface area contributed by atoms with Gasteiger partial charge in [0.1, 0.15) is 5.75 Å². The Morgan fingerprint density at radius 2 is 2.00 bits per heavy atom. The van der Waals surface area contributed by atoms with Crippen molar-refractivity contribution in [2.24, 2.45) is 5.73 Å². The van der Waals surface area contributed by atoms with Crippen molar-refractivity contribution >= 4 is 29.3 Å². The van der Waals surface area contributed by atoms with Crippen molar-refractivity contribution in [2.45, 2.75) is 24.9 Å². The Morgan fingerprint density at radius 1 is 1.31 bits per heavy atom. The number of H-pyrrole nitrogens is 1. The Morgan fingerprint density at radius 3 is 2.58 bits per heavy atom. The molecule has 0 bridgehead atoms. The molecule has 9 heteroatoms. The van der Waals surface area contributed by atoms with Gasteiger partial charge < -0.3 is 20.8 Å². The molecule has 0 saturated carbocycles. The van der Waals surface area contributed by atoms with E-state index in [9.17, 15) is 14.4 Å². The first-order chi connectivity index (χ1) is 12.4. The number of amides is 2. The number of aryl methyl sites for hydroxylation is 1. The molecular formula is C17H20N4O4S. The first kappa shape index (κ1) is 19.5. The predicted octanol–water partition coefficient (Wildman–Crippen LogP) is 1.24. The number of hydrogen-bond donors (Lipinski definition) is 3. The smallest absolute Gasteiger partial charge is 0.255 e. The number of carbonyl (C=O) groups excluding carboxylic acids is 2. The molecule has 26 heavy (non-hydrogen) atoms. The lowest BCUT2D eigenvalue weighted by Crippen LogP contribution is -2.20. The molecular weight excluding hydrogens is 356 g/mol. The summed E-state index contributed by atoms with van der Waals surface area (Å²) in [5.74, 6) is -0.305. The van der Waals surface area contributed by atoms with Gasteiger partial charge in [0, 0.05) is 23.4 Å². The van der Waals surface area contributed by atoms with E-state index in [0.717, 1.165) is 0 Å². The molecule has 0 unspecified atom stereocenters. The van der Waals surface area contributed by atoms with Crippen molar-refractivity contribution in [1.82, 2.24) is 9.97 Å². The first-order valence-corrected chi connectivity index (χ1v) is 9.06. The largest absolute Gasteiger partial charge is 0.484 e. The van der Waals surface area contributed by atoms with Gasteiger partial charge >= 0.3 is 0 Å². The molecule has 2 rings (SSSR count). The van der Waals surface area contributed by atoms with Crippen molar-refractivity contribution in [3.8, 4) is 5.75 Å². The van der Waals surface area contributed by atoms with Crippen molar-refractivity contribution in [2.75, 3.05) is 18.2 Å². The molecule has 0 saturated heterocycles. The molecule has 1 aromatic heterocycles. The number of aromatic amines is 1. The number of carbonyl (C=O) groups is 2. The molecule has 138 valence electrons. The van der Waals surface area contributed by atoms with E-state index in [2.05, 4.69) is 15.3 Å². The molecule has 1 heterocycles. The number of aromatic nitrogens is 2. The number of anilines is 1. The van der Waals surface area contributed by atoms with Gasteiger partial charge in [0.15, 0.2) is 11.8 Å². The third-order valence-electron chi connectivity index (χ3n) is 3.52. The van der Waals surface area contributed by atoms with E-state index in [1.807, 2.05) is 6.26 Å². The van der Waals surface area contributed by atoms with Gasteiger partial charge in [0.2, 0.25) is 5.91 Å². The highest BCUT2D eigenvalue weighted by Gasteiger charge is 2.11. The number of ether oxygens (including phenoxy) is 1. The monoisotopic (exact) mass is 376 g/mol. The van der Waals surface area contributed by atoms with Gasteiger partial charge in [-0.15, -0.1) is 0 Å². The average molecular weight is 376 g/mol. The topological polar surface area (TPSA) is 127 Å². The number of rotatable bonds is 8. The fourth-order valence-corrected chi connectivity index (χ4v) is 2.65. The third kappa shape index (κ3) is 5.62. The Hall–Kier alpha value is -2.81. The lowest BCUT2D eigenvalue weighted by Gasteiger charge is -2.08. The van der Waals surface area contributed by atoms with Gasteiger partial charge in [0.25, 0.3) is 11.5 Å². The molecule has 1 aromatic carbocycles. The van der Waals surface area contributed by atoms with Crippen LogP contribution in [0, 0.1) is 6.92 Å². The van der Waals surface area contributed by atoms with Gasteiger partial charge in [0.05, 0.1) is 0 Å². The number of nitrogens with one attached hydrogen (secondary N) is 2. The minimum atomic E-state index is -0.562. The first-order valence-electron chi connectivity index (χ1n) is 7.84. The summed E-state index contributed by atoms with van der Waals surface area (Å²) in [6.45, 7) is 1.55. The van der Waals surface area contributed by atoms with Gasteiger partial charge in [-0.25, -0.2) is 4.98 Å². The average Bonchev–Trinajstić information content (AvgIpc) is 2.60. The van der Waals surface area contributed by atoms with Crippen LogP contribution in [0.25, 0.3) is 0 Å². The fraction of sp³-hybridized carbons (Fsp3) is 0.294. The summed E-state index contributed by atoms with van der Waals surface area (Å²) in [5.41, 5.74) is 6.51. The second-order valence-corrected chi connectivity index (χ2v) is 6.26. The van der Waals surface area contributed by atoms with Crippen molar-refractivity contribution in [3.63, 3.8) is 0 Å². The molecule has 0 aliphatic rings. The quantitative estimate of drug-likeness (QED) is 0.470. The van der Waals surface area contributed by atoms with Crippen molar-refractivity contribution in [1.29, 1.82) is 0 Å². The van der Waals surface area contributed by atoms with E-state index in [4.69, 9.17) is 10.5 Å². The number of primary amides is 1. The summed E-state index contributed by atoms with van der Waals surface area (Å²) in [7, 11) is 0. The Kier molecular flexibility index (Phi) is 6.79. The highest BCUT2D eigenvalue weighted by atomic mass is 32.2. The van der Waals surface area contributed by atoms with Crippen LogP contribution >= 0.6 is 11.8 Å². The number of nitrogens with two attached hydrogens (primary N) is 1. The van der Waals surface area contributed by atoms with Gasteiger partial charge in [-0.05, 0) is 43.9 Å². The maximum Gasteiger partial charge on any atom is 0.255 e. The number of thioether (sulfide) groups is 1. The Balaban J connectivity index is 1.91. The molecule has 8 nitrogen and oxygen atoms in total. The molecule has 4 N–H and O–H groups in total. The molecule has 2 amide bonds. The maximum atomic E-state index is 12.1. The molecule has 0 spiro atoms. The van der Waals surface area contributed by atoms with E-state index in [0.29, 0.717) is 34.3 Å². The van der Waals surface area contributed by atoms with Crippen LogP contribution in [0.4, 0.5) is 5.69 Å². The number of hydrogen-bond acceptors (Lipinski definition) is 6. The second kappa shape index (κ2) is 9.04. The standard InChI is InChI=1S/C17H20N4O4S/c1-10-13(16(24)21-17(19-10)26-2)7-8-15(23)20-11-3-5-12(6-4-11)25-9-14(18)22/h3-6H,7-9H2,1-2H3,(H2,18,22)(H,20,23)(H,19,21,24). The van der Waals surface area contributed by atoms with E-state index >= 15 is 0 Å². The molecule has 0 radical (unpaired) electrons. The fourth-order valence-electron chi connectivity index (χ4n) is 2.23. The lowest BCUT2D eigenvalue weighted by atomic mass is 10.1. The summed E-state index contributed by atoms with van der Waals surface area (Å²) in [6, 6.07) is 6.55. The van der Waals surface area contributed by atoms with Crippen molar-refractivity contribution in [3.05, 3.63) is 45.9 Å². The number of benzene rings is 1. The Bertz CT molecular complexity index is 849. The van der Waals surface area contributed by atoms with Crippen LogP contribution in [0.15, 0.2) is 34.2 Å². The van der Waals surface area contributed by atoms with E-state index in [-0.39, 0.29) is 24.5 Å². The predicted molar refractivity (Wildman–Crippen MR) is 99.5 cm³/mol. The highest BCUT2D eigenvalue weighted by molar-refractivity contribution is 7.98.